The molecule has 6 atom stereocenters. The molecule has 0 spiro atoms. The third-order valence-corrected chi connectivity index (χ3v) is 11.0. The van der Waals surface area contributed by atoms with Crippen molar-refractivity contribution in [1.82, 2.24) is 9.80 Å². The molecule has 0 radical (unpaired) electrons. The molecule has 4 aliphatic carbocycles. The van der Waals surface area contributed by atoms with Gasteiger partial charge in [-0.2, -0.15) is 0 Å². The average Bonchev–Trinajstić information content (AvgIpc) is 3.19. The zero-order valence-corrected chi connectivity index (χ0v) is 21.5. The highest BCUT2D eigenvalue weighted by Gasteiger charge is 2.76. The first kappa shape index (κ1) is 22.3. The summed E-state index contributed by atoms with van der Waals surface area (Å²) in [7, 11) is 0. The molecule has 2 saturated heterocycles. The van der Waals surface area contributed by atoms with E-state index in [2.05, 4.69) is 17.0 Å². The number of phenolic OH excluding ortho intramolecular Hbond substituents is 1. The van der Waals surface area contributed by atoms with E-state index in [0.29, 0.717) is 23.6 Å². The summed E-state index contributed by atoms with van der Waals surface area (Å²) in [6, 6.07) is 7.54. The van der Waals surface area contributed by atoms with Gasteiger partial charge in [0.1, 0.15) is 12.4 Å². The lowest BCUT2D eigenvalue weighted by Gasteiger charge is -2.68. The van der Waals surface area contributed by atoms with E-state index >= 15 is 0 Å². The number of aromatic hydroxyl groups is 1. The van der Waals surface area contributed by atoms with E-state index in [9.17, 15) is 9.90 Å². The minimum Gasteiger partial charge on any atom is -0.508 e. The van der Waals surface area contributed by atoms with Crippen LogP contribution < -0.4 is 0 Å². The smallest absolute Gasteiger partial charge is 0.410 e. The lowest BCUT2D eigenvalue weighted by atomic mass is 9.43. The van der Waals surface area contributed by atoms with Crippen LogP contribution in [0.5, 0.6) is 5.75 Å². The van der Waals surface area contributed by atoms with Crippen molar-refractivity contribution in [2.75, 3.05) is 19.7 Å². The summed E-state index contributed by atoms with van der Waals surface area (Å²) < 4.78 is 3.84. The van der Waals surface area contributed by atoms with E-state index in [1.807, 2.05) is 11.0 Å². The quantitative estimate of drug-likeness (QED) is 0.524. The van der Waals surface area contributed by atoms with E-state index in [1.165, 1.54) is 30.4 Å². The zero-order chi connectivity index (χ0) is 23.5. The van der Waals surface area contributed by atoms with E-state index in [0.717, 1.165) is 51.2 Å². The molecule has 5 nitrogen and oxygen atoms in total. The number of likely N-dealkylation sites (tertiary alicyclic amines) is 2. The summed E-state index contributed by atoms with van der Waals surface area (Å²) in [6.07, 6.45) is 9.17. The Kier molecular flexibility index (Phi) is 4.82. The third kappa shape index (κ3) is 2.82. The molecule has 5 unspecified atom stereocenters. The second kappa shape index (κ2) is 7.34. The molecule has 2 heterocycles. The topological polar surface area (TPSA) is 53.0 Å². The molecule has 34 heavy (non-hydrogen) atoms. The first-order valence-electron chi connectivity index (χ1n) is 12.8. The average molecular weight is 526 g/mol. The van der Waals surface area contributed by atoms with Crippen LogP contribution in [0.2, 0.25) is 0 Å². The first-order chi connectivity index (χ1) is 16.2. The molecule has 8 heteroatoms. The Morgan fingerprint density at radius 3 is 2.76 bits per heavy atom. The Bertz CT molecular complexity index is 1040. The maximum absolute atomic E-state index is 13.1. The van der Waals surface area contributed by atoms with E-state index in [-0.39, 0.29) is 29.6 Å². The Morgan fingerprint density at radius 1 is 1.21 bits per heavy atom. The van der Waals surface area contributed by atoms with Gasteiger partial charge >= 0.3 is 6.09 Å². The van der Waals surface area contributed by atoms with Crippen molar-refractivity contribution in [1.29, 1.82) is 0 Å². The first-order valence-corrected chi connectivity index (χ1v) is 14.0. The fourth-order valence-corrected chi connectivity index (χ4v) is 9.79. The van der Waals surface area contributed by atoms with Gasteiger partial charge < -0.3 is 14.7 Å². The molecular weight excluding hydrogens is 495 g/mol. The van der Waals surface area contributed by atoms with Gasteiger partial charge in [-0.05, 0) is 92.0 Å². The fourth-order valence-electron chi connectivity index (χ4n) is 9.63. The van der Waals surface area contributed by atoms with Gasteiger partial charge in [-0.1, -0.05) is 47.3 Å². The van der Waals surface area contributed by atoms with E-state index in [1.54, 1.807) is 0 Å². The molecule has 1 aromatic carbocycles. The van der Waals surface area contributed by atoms with Crippen LogP contribution in [0.3, 0.4) is 0 Å². The van der Waals surface area contributed by atoms with Crippen LogP contribution in [0.15, 0.2) is 18.2 Å². The van der Waals surface area contributed by atoms with Gasteiger partial charge in [0.25, 0.3) is 0 Å². The van der Waals surface area contributed by atoms with Gasteiger partial charge in [-0.15, -0.1) is 0 Å². The molecule has 0 aromatic heterocycles. The standard InChI is InChI=1S/C26H31Cl3N2O3/c27-26(28,29)14-34-23(33)31-13-16-12-24-7-6-20(31)22(16)25(24)8-9-30(17-2-1-3-17)21(24)10-15-4-5-18(32)11-19(15)25/h4-5,11,16-17,20-22,32H,1-3,6-10,12-14H2/t16-,20?,21?,22?,24?,25?/m1/s1. The molecule has 3 saturated carbocycles. The van der Waals surface area contributed by atoms with Crippen molar-refractivity contribution in [3.8, 4) is 5.75 Å². The highest BCUT2D eigenvalue weighted by molar-refractivity contribution is 6.67. The molecule has 5 fully saturated rings. The minimum atomic E-state index is -1.60. The van der Waals surface area contributed by atoms with Gasteiger partial charge in [0, 0.05) is 30.1 Å². The van der Waals surface area contributed by atoms with Crippen LogP contribution in [-0.2, 0) is 16.6 Å². The van der Waals surface area contributed by atoms with Crippen LogP contribution >= 0.6 is 34.8 Å². The molecular formula is C26H31Cl3N2O3. The van der Waals surface area contributed by atoms with Crippen LogP contribution in [-0.4, -0.2) is 62.6 Å². The number of rotatable bonds is 2. The number of benzene rings is 1. The van der Waals surface area contributed by atoms with Gasteiger partial charge in [0.15, 0.2) is 0 Å². The fraction of sp³-hybridized carbons (Fsp3) is 0.731. The van der Waals surface area contributed by atoms with Crippen molar-refractivity contribution in [3.63, 3.8) is 0 Å². The van der Waals surface area contributed by atoms with Gasteiger partial charge in [-0.25, -0.2) is 4.79 Å². The number of hydrogen-bond donors (Lipinski definition) is 1. The highest BCUT2D eigenvalue weighted by Crippen LogP contribution is 2.75. The molecule has 6 aliphatic rings. The molecule has 1 N–H and O–H groups in total. The molecule has 7 rings (SSSR count). The summed E-state index contributed by atoms with van der Waals surface area (Å²) in [6.45, 7) is 1.61. The lowest BCUT2D eigenvalue weighted by Crippen LogP contribution is -2.71. The summed E-state index contributed by atoms with van der Waals surface area (Å²) in [5.74, 6) is 1.21. The van der Waals surface area contributed by atoms with E-state index < -0.39 is 3.79 Å². The van der Waals surface area contributed by atoms with Crippen molar-refractivity contribution in [2.45, 2.75) is 78.7 Å². The second-order valence-corrected chi connectivity index (χ2v) is 14.2. The number of fused-ring (bicyclic) bond motifs is 1. The van der Waals surface area contributed by atoms with Crippen LogP contribution in [0.1, 0.15) is 56.1 Å². The Hall–Kier alpha value is -0.880. The number of carbonyl (C=O) groups is 1. The van der Waals surface area contributed by atoms with E-state index in [4.69, 9.17) is 39.5 Å². The Labute approximate surface area is 215 Å². The summed E-state index contributed by atoms with van der Waals surface area (Å²) >= 11 is 17.6. The number of nitrogens with zero attached hydrogens (tertiary/aromatic N) is 2. The maximum Gasteiger partial charge on any atom is 0.410 e. The number of piperidine rings is 1. The molecule has 1 amide bonds. The number of alkyl halides is 3. The maximum atomic E-state index is 13.1. The van der Waals surface area contributed by atoms with Crippen LogP contribution in [0.4, 0.5) is 4.79 Å². The number of amides is 1. The SMILES string of the molecule is O=C(OCC(Cl)(Cl)Cl)N1C[C@H]2CC34CCC1C2C31CCN(C2CCC2)C4Cc2ccc(O)cc21. The van der Waals surface area contributed by atoms with Gasteiger partial charge in [0.2, 0.25) is 3.79 Å². The van der Waals surface area contributed by atoms with Crippen LogP contribution in [0, 0.1) is 17.3 Å². The number of halogens is 3. The third-order valence-electron chi connectivity index (χ3n) is 10.7. The molecule has 1 aromatic rings. The van der Waals surface area contributed by atoms with Gasteiger partial charge in [-0.3, -0.25) is 4.90 Å². The Morgan fingerprint density at radius 2 is 2.03 bits per heavy atom. The molecule has 2 aliphatic heterocycles. The number of carbonyl (C=O) groups excluding carboxylic acids is 1. The predicted octanol–water partition coefficient (Wildman–Crippen LogP) is 5.42. The predicted molar refractivity (Wildman–Crippen MR) is 132 cm³/mol. The van der Waals surface area contributed by atoms with Gasteiger partial charge in [0.05, 0.1) is 0 Å². The monoisotopic (exact) mass is 524 g/mol. The summed E-state index contributed by atoms with van der Waals surface area (Å²) in [5, 5.41) is 10.6. The molecule has 184 valence electrons. The number of phenols is 1. The van der Waals surface area contributed by atoms with Crippen LogP contribution in [0.25, 0.3) is 0 Å². The summed E-state index contributed by atoms with van der Waals surface area (Å²) in [4.78, 5) is 17.9. The largest absolute Gasteiger partial charge is 0.508 e. The second-order valence-electron chi connectivity index (χ2n) is 11.7. The van der Waals surface area contributed by atoms with Crippen molar-refractivity contribution in [2.24, 2.45) is 17.3 Å². The van der Waals surface area contributed by atoms with Crippen molar-refractivity contribution < 1.29 is 14.6 Å². The highest BCUT2D eigenvalue weighted by atomic mass is 35.6. The minimum absolute atomic E-state index is 0.0159. The number of hydrogen-bond acceptors (Lipinski definition) is 4. The lowest BCUT2D eigenvalue weighted by molar-refractivity contribution is -0.123. The summed E-state index contributed by atoms with van der Waals surface area (Å²) in [5.41, 5.74) is 3.02. The zero-order valence-electron chi connectivity index (χ0n) is 19.2. The van der Waals surface area contributed by atoms with Crippen molar-refractivity contribution in [3.05, 3.63) is 29.3 Å². The Balaban J connectivity index is 1.30. The van der Waals surface area contributed by atoms with Crippen molar-refractivity contribution >= 4 is 40.9 Å². The number of ether oxygens (including phenoxy) is 1. The normalized spacial score (nSPS) is 40.5. The molecule has 4 bridgehead atoms.